The summed E-state index contributed by atoms with van der Waals surface area (Å²) in [5, 5.41) is 8.50. The molecule has 1 aromatic rings. The van der Waals surface area contributed by atoms with Crippen molar-refractivity contribution in [1.82, 2.24) is 9.97 Å². The molecule has 0 atom stereocenters. The highest BCUT2D eigenvalue weighted by atomic mass is 79.9. The summed E-state index contributed by atoms with van der Waals surface area (Å²) >= 11 is 8.49. The van der Waals surface area contributed by atoms with Gasteiger partial charge in [0.05, 0.1) is 4.47 Å². The lowest BCUT2D eigenvalue weighted by Gasteiger charge is -1.91. The van der Waals surface area contributed by atoms with Crippen LogP contribution in [0.15, 0.2) is 10.7 Å². The second-order valence-electron chi connectivity index (χ2n) is 1.45. The van der Waals surface area contributed by atoms with Gasteiger partial charge in [-0.05, 0) is 27.5 Å². The maximum Gasteiger partial charge on any atom is 0.223 e. The maximum atomic E-state index is 8.41. The molecule has 0 radical (unpaired) electrons. The van der Waals surface area contributed by atoms with Gasteiger partial charge in [-0.1, -0.05) is 0 Å². The number of hydrogen-bond acceptors (Lipinski definition) is 3. The average Bonchev–Trinajstić information content (AvgIpc) is 1.94. The predicted molar refractivity (Wildman–Crippen MR) is 39.5 cm³/mol. The van der Waals surface area contributed by atoms with Crippen molar-refractivity contribution >= 4 is 27.5 Å². The topological polar surface area (TPSA) is 49.6 Å². The Morgan fingerprint density at radius 2 is 2.40 bits per heavy atom. The van der Waals surface area contributed by atoms with E-state index in [-0.39, 0.29) is 11.0 Å². The maximum absolute atomic E-state index is 8.41. The Bertz CT molecular complexity index is 293. The van der Waals surface area contributed by atoms with Gasteiger partial charge in [0.15, 0.2) is 5.69 Å². The van der Waals surface area contributed by atoms with Gasteiger partial charge in [0.1, 0.15) is 6.07 Å². The van der Waals surface area contributed by atoms with Crippen molar-refractivity contribution in [2.45, 2.75) is 0 Å². The zero-order valence-corrected chi connectivity index (χ0v) is 7.02. The fourth-order valence-corrected chi connectivity index (χ4v) is 0.837. The smallest absolute Gasteiger partial charge is 0.223 e. The van der Waals surface area contributed by atoms with E-state index in [1.807, 2.05) is 6.07 Å². The van der Waals surface area contributed by atoms with Gasteiger partial charge in [-0.15, -0.1) is 0 Å². The van der Waals surface area contributed by atoms with Gasteiger partial charge in [0.2, 0.25) is 5.28 Å². The van der Waals surface area contributed by atoms with Gasteiger partial charge in [0, 0.05) is 6.20 Å². The molecule has 10 heavy (non-hydrogen) atoms. The number of halogens is 2. The molecule has 0 unspecified atom stereocenters. The van der Waals surface area contributed by atoms with E-state index >= 15 is 0 Å². The van der Waals surface area contributed by atoms with E-state index in [1.165, 1.54) is 6.20 Å². The monoisotopic (exact) mass is 217 g/mol. The minimum atomic E-state index is 0.0831. The van der Waals surface area contributed by atoms with Gasteiger partial charge < -0.3 is 0 Å². The number of nitrogens with zero attached hydrogens (tertiary/aromatic N) is 3. The molecule has 1 aromatic heterocycles. The van der Waals surface area contributed by atoms with Crippen molar-refractivity contribution in [2.24, 2.45) is 0 Å². The first-order chi connectivity index (χ1) is 4.74. The van der Waals surface area contributed by atoms with E-state index < -0.39 is 0 Å². The molecule has 0 N–H and O–H groups in total. The Labute approximate surface area is 70.8 Å². The van der Waals surface area contributed by atoms with E-state index in [0.717, 1.165) is 0 Å². The molecule has 0 amide bonds. The van der Waals surface area contributed by atoms with Crippen LogP contribution in [-0.4, -0.2) is 9.97 Å². The lowest BCUT2D eigenvalue weighted by molar-refractivity contribution is 1.12. The van der Waals surface area contributed by atoms with Gasteiger partial charge in [0.25, 0.3) is 0 Å². The van der Waals surface area contributed by atoms with Crippen molar-refractivity contribution in [2.75, 3.05) is 0 Å². The summed E-state index contributed by atoms with van der Waals surface area (Å²) in [4.78, 5) is 7.28. The lowest BCUT2D eigenvalue weighted by atomic mass is 10.4. The Kier molecular flexibility index (Phi) is 2.20. The van der Waals surface area contributed by atoms with E-state index in [1.54, 1.807) is 0 Å². The molecule has 1 rings (SSSR count). The summed E-state index contributed by atoms with van der Waals surface area (Å²) in [6, 6.07) is 1.85. The van der Waals surface area contributed by atoms with Crippen LogP contribution in [0.1, 0.15) is 5.69 Å². The Morgan fingerprint density at radius 3 is 2.90 bits per heavy atom. The largest absolute Gasteiger partial charge is 0.225 e. The van der Waals surface area contributed by atoms with E-state index in [9.17, 15) is 0 Å². The molecular formula is C5HBrClN3. The van der Waals surface area contributed by atoms with E-state index in [0.29, 0.717) is 4.47 Å². The van der Waals surface area contributed by atoms with Crippen LogP contribution in [0.25, 0.3) is 0 Å². The van der Waals surface area contributed by atoms with Crippen LogP contribution in [0.5, 0.6) is 0 Å². The highest BCUT2D eigenvalue weighted by molar-refractivity contribution is 9.10. The highest BCUT2D eigenvalue weighted by Crippen LogP contribution is 2.13. The second kappa shape index (κ2) is 2.95. The molecule has 0 aliphatic rings. The number of hydrogen-bond donors (Lipinski definition) is 0. The van der Waals surface area contributed by atoms with Crippen molar-refractivity contribution in [1.29, 1.82) is 5.26 Å². The van der Waals surface area contributed by atoms with Gasteiger partial charge >= 0.3 is 0 Å². The predicted octanol–water partition coefficient (Wildman–Crippen LogP) is 1.76. The fourth-order valence-electron chi connectivity index (χ4n) is 0.424. The zero-order chi connectivity index (χ0) is 7.56. The molecule has 0 spiro atoms. The highest BCUT2D eigenvalue weighted by Gasteiger charge is 2.00. The number of aromatic nitrogens is 2. The Morgan fingerprint density at radius 1 is 1.70 bits per heavy atom. The molecule has 0 fully saturated rings. The van der Waals surface area contributed by atoms with Gasteiger partial charge in [-0.25, -0.2) is 9.97 Å². The summed E-state index contributed by atoms with van der Waals surface area (Å²) in [7, 11) is 0. The first-order valence-electron chi connectivity index (χ1n) is 2.32. The minimum absolute atomic E-state index is 0.0831. The minimum Gasteiger partial charge on any atom is -0.225 e. The van der Waals surface area contributed by atoms with Crippen LogP contribution in [0.3, 0.4) is 0 Å². The first kappa shape index (κ1) is 7.45. The SMILES string of the molecule is N#Cc1nc(Cl)ncc1Br. The van der Waals surface area contributed by atoms with Crippen molar-refractivity contribution < 1.29 is 0 Å². The second-order valence-corrected chi connectivity index (χ2v) is 2.64. The molecule has 0 aromatic carbocycles. The molecule has 0 bridgehead atoms. The lowest BCUT2D eigenvalue weighted by Crippen LogP contribution is -1.87. The van der Waals surface area contributed by atoms with Crippen LogP contribution < -0.4 is 0 Å². The van der Waals surface area contributed by atoms with E-state index in [4.69, 9.17) is 16.9 Å². The third-order valence-electron chi connectivity index (χ3n) is 0.821. The van der Waals surface area contributed by atoms with Crippen molar-refractivity contribution in [3.05, 3.63) is 21.6 Å². The molecule has 0 saturated carbocycles. The van der Waals surface area contributed by atoms with Crippen molar-refractivity contribution in [3.8, 4) is 6.07 Å². The normalized spacial score (nSPS) is 8.90. The van der Waals surface area contributed by atoms with Crippen LogP contribution in [-0.2, 0) is 0 Å². The third-order valence-corrected chi connectivity index (χ3v) is 1.58. The molecule has 0 aliphatic heterocycles. The van der Waals surface area contributed by atoms with Crippen LogP contribution in [0, 0.1) is 11.3 Å². The summed E-state index contributed by atoms with van der Waals surface area (Å²) in [5.41, 5.74) is 0.250. The molecule has 0 saturated heterocycles. The van der Waals surface area contributed by atoms with Crippen LogP contribution >= 0.6 is 27.5 Å². The molecule has 0 aliphatic carbocycles. The number of rotatable bonds is 0. The molecular weight excluding hydrogens is 217 g/mol. The van der Waals surface area contributed by atoms with E-state index in [2.05, 4.69) is 25.9 Å². The third kappa shape index (κ3) is 1.43. The van der Waals surface area contributed by atoms with Crippen molar-refractivity contribution in [3.63, 3.8) is 0 Å². The average molecular weight is 218 g/mol. The first-order valence-corrected chi connectivity index (χ1v) is 3.49. The number of nitriles is 1. The summed E-state index contributed by atoms with van der Waals surface area (Å²) < 4.78 is 0.555. The Hall–Kier alpha value is -0.660. The van der Waals surface area contributed by atoms with Gasteiger partial charge in [-0.3, -0.25) is 0 Å². The van der Waals surface area contributed by atoms with Gasteiger partial charge in [-0.2, -0.15) is 5.26 Å². The standard InChI is InChI=1S/C5HBrClN3/c6-3-2-9-5(7)10-4(3)1-8/h2H. The van der Waals surface area contributed by atoms with Crippen LogP contribution in [0.4, 0.5) is 0 Å². The molecule has 5 heteroatoms. The molecule has 50 valence electrons. The van der Waals surface area contributed by atoms with Crippen LogP contribution in [0.2, 0.25) is 5.28 Å². The summed E-state index contributed by atoms with van der Waals surface area (Å²) in [5.74, 6) is 0. The molecule has 3 nitrogen and oxygen atoms in total. The summed E-state index contributed by atoms with van der Waals surface area (Å²) in [6.07, 6.45) is 1.44. The summed E-state index contributed by atoms with van der Waals surface area (Å²) in [6.45, 7) is 0. The Balaban J connectivity index is 3.25. The quantitative estimate of drug-likeness (QED) is 0.624. The molecule has 1 heterocycles. The fraction of sp³-hybridized carbons (Fsp3) is 0. The zero-order valence-electron chi connectivity index (χ0n) is 4.67.